The van der Waals surface area contributed by atoms with Crippen LogP contribution in [0.3, 0.4) is 0 Å². The number of terminal acetylenes is 1. The molecule has 1 aromatic rings. The molecular weight excluding hydrogens is 224 g/mol. The molecular formula is C10H14N4O3. The number of nitro groups is 1. The Bertz CT molecular complexity index is 410. The zero-order chi connectivity index (χ0) is 12.7. The average molecular weight is 238 g/mol. The molecule has 7 nitrogen and oxygen atoms in total. The van der Waals surface area contributed by atoms with E-state index in [0.29, 0.717) is 19.5 Å². The Morgan fingerprint density at radius 2 is 2.53 bits per heavy atom. The lowest BCUT2D eigenvalue weighted by Crippen LogP contribution is -2.30. The molecule has 7 heteroatoms. The molecule has 0 saturated carbocycles. The molecule has 0 saturated heterocycles. The van der Waals surface area contributed by atoms with Gasteiger partial charge < -0.3 is 10.4 Å². The molecule has 2 N–H and O–H groups in total. The van der Waals surface area contributed by atoms with Crippen LogP contribution in [0.5, 0.6) is 0 Å². The maximum Gasteiger partial charge on any atom is 0.306 e. The highest BCUT2D eigenvalue weighted by molar-refractivity contribution is 5.20. The topological polar surface area (TPSA) is 93.2 Å². The first kappa shape index (κ1) is 13.2. The minimum Gasteiger partial charge on any atom is -0.390 e. The summed E-state index contributed by atoms with van der Waals surface area (Å²) in [6, 6.07) is 0. The van der Waals surface area contributed by atoms with Gasteiger partial charge in [0.1, 0.15) is 12.4 Å². The van der Waals surface area contributed by atoms with Gasteiger partial charge in [-0.05, 0) is 0 Å². The quantitative estimate of drug-likeness (QED) is 0.296. The maximum absolute atomic E-state index is 10.4. The van der Waals surface area contributed by atoms with Gasteiger partial charge in [-0.3, -0.25) is 14.8 Å². The molecule has 1 aromatic heterocycles. The van der Waals surface area contributed by atoms with Crippen LogP contribution in [-0.2, 0) is 6.54 Å². The van der Waals surface area contributed by atoms with Crippen LogP contribution in [0.25, 0.3) is 0 Å². The van der Waals surface area contributed by atoms with Crippen LogP contribution in [-0.4, -0.2) is 39.0 Å². The van der Waals surface area contributed by atoms with E-state index in [1.165, 1.54) is 10.9 Å². The van der Waals surface area contributed by atoms with Crippen molar-refractivity contribution in [3.63, 3.8) is 0 Å². The summed E-state index contributed by atoms with van der Waals surface area (Å²) in [6.45, 7) is 1.21. The van der Waals surface area contributed by atoms with E-state index in [9.17, 15) is 15.2 Å². The normalized spacial score (nSPS) is 12.0. The van der Waals surface area contributed by atoms with Crippen LogP contribution in [0.15, 0.2) is 12.4 Å². The smallest absolute Gasteiger partial charge is 0.306 e. The van der Waals surface area contributed by atoms with Gasteiger partial charge in [-0.1, -0.05) is 0 Å². The van der Waals surface area contributed by atoms with Gasteiger partial charge in [-0.2, -0.15) is 5.10 Å². The molecule has 1 heterocycles. The van der Waals surface area contributed by atoms with Crippen molar-refractivity contribution < 1.29 is 10.0 Å². The Morgan fingerprint density at radius 1 is 1.76 bits per heavy atom. The molecule has 0 fully saturated rings. The number of aliphatic hydroxyl groups excluding tert-OH is 1. The molecule has 0 aromatic carbocycles. The van der Waals surface area contributed by atoms with Gasteiger partial charge >= 0.3 is 5.69 Å². The average Bonchev–Trinajstić information content (AvgIpc) is 2.73. The lowest BCUT2D eigenvalue weighted by Gasteiger charge is -2.10. The molecule has 0 aliphatic rings. The van der Waals surface area contributed by atoms with Crippen molar-refractivity contribution in [3.8, 4) is 12.3 Å². The third-order valence-corrected chi connectivity index (χ3v) is 2.05. The number of nitrogens with one attached hydrogen (secondary N) is 1. The summed E-state index contributed by atoms with van der Waals surface area (Å²) in [4.78, 5) is 9.88. The minimum atomic E-state index is -0.660. The van der Waals surface area contributed by atoms with Crippen LogP contribution < -0.4 is 5.32 Å². The predicted molar refractivity (Wildman–Crippen MR) is 61.2 cm³/mol. The van der Waals surface area contributed by atoms with E-state index in [4.69, 9.17) is 6.42 Å². The van der Waals surface area contributed by atoms with Crippen molar-refractivity contribution in [1.29, 1.82) is 0 Å². The number of aromatic nitrogens is 2. The molecule has 0 aliphatic carbocycles. The van der Waals surface area contributed by atoms with Crippen molar-refractivity contribution in [3.05, 3.63) is 22.5 Å². The van der Waals surface area contributed by atoms with E-state index in [-0.39, 0.29) is 12.2 Å². The van der Waals surface area contributed by atoms with Crippen LogP contribution in [0, 0.1) is 22.5 Å². The second-order valence-electron chi connectivity index (χ2n) is 3.49. The van der Waals surface area contributed by atoms with E-state index >= 15 is 0 Å². The molecule has 0 bridgehead atoms. The Labute approximate surface area is 98.6 Å². The first-order chi connectivity index (χ1) is 8.13. The molecule has 0 spiro atoms. The second-order valence-corrected chi connectivity index (χ2v) is 3.49. The van der Waals surface area contributed by atoms with Crippen molar-refractivity contribution in [2.75, 3.05) is 13.1 Å². The molecule has 1 rings (SSSR count). The van der Waals surface area contributed by atoms with E-state index in [1.807, 2.05) is 0 Å². The molecule has 0 radical (unpaired) electrons. The van der Waals surface area contributed by atoms with Crippen molar-refractivity contribution in [2.45, 2.75) is 19.1 Å². The predicted octanol–water partition coefficient (Wildman–Crippen LogP) is -0.235. The van der Waals surface area contributed by atoms with Crippen molar-refractivity contribution >= 4 is 5.69 Å². The Kier molecular flexibility index (Phi) is 5.13. The highest BCUT2D eigenvalue weighted by Gasteiger charge is 2.11. The highest BCUT2D eigenvalue weighted by Crippen LogP contribution is 2.07. The van der Waals surface area contributed by atoms with Gasteiger partial charge in [0, 0.05) is 19.5 Å². The summed E-state index contributed by atoms with van der Waals surface area (Å²) < 4.78 is 1.34. The van der Waals surface area contributed by atoms with E-state index in [0.717, 1.165) is 6.20 Å². The summed E-state index contributed by atoms with van der Waals surface area (Å²) in [5.74, 6) is 2.47. The monoisotopic (exact) mass is 238 g/mol. The summed E-state index contributed by atoms with van der Waals surface area (Å²) in [6.07, 6.45) is 7.44. The van der Waals surface area contributed by atoms with Gasteiger partial charge in [0.2, 0.25) is 0 Å². The number of hydrogen-bond donors (Lipinski definition) is 2. The van der Waals surface area contributed by atoms with Gasteiger partial charge in [-0.15, -0.1) is 12.3 Å². The second kappa shape index (κ2) is 6.62. The number of aliphatic hydroxyl groups is 1. The van der Waals surface area contributed by atoms with E-state index in [2.05, 4.69) is 16.3 Å². The number of rotatable bonds is 7. The standard InChI is InChI=1S/C10H14N4O3/c1-2-3-4-11-6-10(15)8-13-7-9(5-12-13)14(16)17/h1,5,7,10-11,15H,3-4,6,8H2. The largest absolute Gasteiger partial charge is 0.390 e. The third kappa shape index (κ3) is 4.63. The molecule has 1 unspecified atom stereocenters. The molecule has 17 heavy (non-hydrogen) atoms. The summed E-state index contributed by atoms with van der Waals surface area (Å²) in [5, 5.41) is 26.8. The van der Waals surface area contributed by atoms with Gasteiger partial charge in [0.15, 0.2) is 0 Å². The number of nitrogens with zero attached hydrogens (tertiary/aromatic N) is 3. The summed E-state index contributed by atoms with van der Waals surface area (Å²) in [5.41, 5.74) is -0.0857. The molecule has 0 amide bonds. The van der Waals surface area contributed by atoms with E-state index < -0.39 is 11.0 Å². The molecule has 0 aliphatic heterocycles. The van der Waals surface area contributed by atoms with Crippen LogP contribution in [0.2, 0.25) is 0 Å². The fourth-order valence-electron chi connectivity index (χ4n) is 1.26. The molecule has 1 atom stereocenters. The fraction of sp³-hybridized carbons (Fsp3) is 0.500. The van der Waals surface area contributed by atoms with Gasteiger partial charge in [0.05, 0.1) is 17.6 Å². The molecule has 92 valence electrons. The Hall–Kier alpha value is -1.91. The van der Waals surface area contributed by atoms with Crippen LogP contribution in [0.1, 0.15) is 6.42 Å². The van der Waals surface area contributed by atoms with Gasteiger partial charge in [0.25, 0.3) is 0 Å². The zero-order valence-corrected chi connectivity index (χ0v) is 9.24. The van der Waals surface area contributed by atoms with Crippen molar-refractivity contribution in [1.82, 2.24) is 15.1 Å². The third-order valence-electron chi connectivity index (χ3n) is 2.05. The zero-order valence-electron chi connectivity index (χ0n) is 9.24. The van der Waals surface area contributed by atoms with Crippen LogP contribution >= 0.6 is 0 Å². The van der Waals surface area contributed by atoms with Gasteiger partial charge in [-0.25, -0.2) is 0 Å². The maximum atomic E-state index is 10.4. The van der Waals surface area contributed by atoms with E-state index in [1.54, 1.807) is 0 Å². The summed E-state index contributed by atoms with van der Waals surface area (Å²) >= 11 is 0. The minimum absolute atomic E-state index is 0.0857. The number of hydrogen-bond acceptors (Lipinski definition) is 5. The summed E-state index contributed by atoms with van der Waals surface area (Å²) in [7, 11) is 0. The lowest BCUT2D eigenvalue weighted by molar-refractivity contribution is -0.385. The first-order valence-electron chi connectivity index (χ1n) is 5.12. The SMILES string of the molecule is C#CCCNCC(O)Cn1cc([N+](=O)[O-])cn1. The van der Waals surface area contributed by atoms with Crippen molar-refractivity contribution in [2.24, 2.45) is 0 Å². The fourth-order valence-corrected chi connectivity index (χ4v) is 1.26. The van der Waals surface area contributed by atoms with Crippen LogP contribution in [0.4, 0.5) is 5.69 Å². The first-order valence-corrected chi connectivity index (χ1v) is 5.12. The Balaban J connectivity index is 2.32. The lowest BCUT2D eigenvalue weighted by atomic mass is 10.3. The Morgan fingerprint density at radius 3 is 3.12 bits per heavy atom. The highest BCUT2D eigenvalue weighted by atomic mass is 16.6.